The predicted molar refractivity (Wildman–Crippen MR) is 77.4 cm³/mol. The maximum Gasteiger partial charge on any atom is 0.355 e. The van der Waals surface area contributed by atoms with Crippen LogP contribution >= 0.6 is 15.9 Å². The second kappa shape index (κ2) is 4.81. The van der Waals surface area contributed by atoms with Crippen LogP contribution in [-0.2, 0) is 5.41 Å². The van der Waals surface area contributed by atoms with Crippen molar-refractivity contribution in [1.82, 2.24) is 10.2 Å². The quantitative estimate of drug-likeness (QED) is 0.882. The molecule has 0 unspecified atom stereocenters. The molecule has 0 aliphatic rings. The summed E-state index contributed by atoms with van der Waals surface area (Å²) in [6, 6.07) is 7.98. The van der Waals surface area contributed by atoms with E-state index in [4.69, 9.17) is 5.11 Å². The van der Waals surface area contributed by atoms with E-state index in [1.165, 1.54) is 5.56 Å². The summed E-state index contributed by atoms with van der Waals surface area (Å²) in [4.78, 5) is 11.0. The van der Waals surface area contributed by atoms with Gasteiger partial charge in [-0.3, -0.25) is 5.10 Å². The second-order valence-electron chi connectivity index (χ2n) is 5.39. The summed E-state index contributed by atoms with van der Waals surface area (Å²) in [5.41, 5.74) is 2.87. The third kappa shape index (κ3) is 2.71. The first-order chi connectivity index (χ1) is 8.80. The van der Waals surface area contributed by atoms with Crippen molar-refractivity contribution in [3.8, 4) is 11.3 Å². The van der Waals surface area contributed by atoms with Crippen LogP contribution in [-0.4, -0.2) is 21.3 Å². The first kappa shape index (κ1) is 13.8. The van der Waals surface area contributed by atoms with E-state index in [1.807, 2.05) is 24.3 Å². The fraction of sp³-hybridized carbons (Fsp3) is 0.286. The van der Waals surface area contributed by atoms with Gasteiger partial charge in [0.05, 0.1) is 4.47 Å². The molecule has 0 bridgehead atoms. The summed E-state index contributed by atoms with van der Waals surface area (Å²) in [6.45, 7) is 6.44. The minimum Gasteiger partial charge on any atom is -0.476 e. The Morgan fingerprint density at radius 2 is 1.84 bits per heavy atom. The van der Waals surface area contributed by atoms with Crippen molar-refractivity contribution in [3.05, 3.63) is 40.0 Å². The standard InChI is InChI=1S/C14H15BrN2O2/c1-14(2,3)9-6-4-8(5-7-9)11-10(15)12(13(18)19)17-16-11/h4-7H,1-3H3,(H,16,17)(H,18,19). The Kier molecular flexibility index (Phi) is 3.49. The Balaban J connectivity index is 2.41. The number of nitrogens with zero attached hydrogens (tertiary/aromatic N) is 1. The van der Waals surface area contributed by atoms with Crippen LogP contribution in [0.4, 0.5) is 0 Å². The first-order valence-corrected chi connectivity index (χ1v) is 6.68. The number of aromatic nitrogens is 2. The van der Waals surface area contributed by atoms with Gasteiger partial charge < -0.3 is 5.11 Å². The number of hydrogen-bond acceptors (Lipinski definition) is 2. The van der Waals surface area contributed by atoms with Crippen LogP contribution in [0.5, 0.6) is 0 Å². The van der Waals surface area contributed by atoms with Crippen LogP contribution in [0, 0.1) is 0 Å². The fourth-order valence-corrected chi connectivity index (χ4v) is 2.37. The molecule has 1 aromatic heterocycles. The van der Waals surface area contributed by atoms with Crippen molar-refractivity contribution < 1.29 is 9.90 Å². The van der Waals surface area contributed by atoms with Gasteiger partial charge in [-0.2, -0.15) is 5.10 Å². The van der Waals surface area contributed by atoms with Crippen LogP contribution in [0.25, 0.3) is 11.3 Å². The summed E-state index contributed by atoms with van der Waals surface area (Å²) in [6.07, 6.45) is 0. The summed E-state index contributed by atoms with van der Waals surface area (Å²) in [7, 11) is 0. The van der Waals surface area contributed by atoms with Crippen molar-refractivity contribution in [1.29, 1.82) is 0 Å². The molecule has 2 rings (SSSR count). The lowest BCUT2D eigenvalue weighted by molar-refractivity contribution is 0.0689. The zero-order valence-corrected chi connectivity index (χ0v) is 12.6. The molecule has 100 valence electrons. The van der Waals surface area contributed by atoms with Gasteiger partial charge in [0.25, 0.3) is 0 Å². The maximum absolute atomic E-state index is 11.0. The van der Waals surface area contributed by atoms with Gasteiger partial charge in [-0.25, -0.2) is 4.79 Å². The van der Waals surface area contributed by atoms with Crippen molar-refractivity contribution in [2.45, 2.75) is 26.2 Å². The molecule has 0 spiro atoms. The van der Waals surface area contributed by atoms with E-state index in [9.17, 15) is 4.79 Å². The highest BCUT2D eigenvalue weighted by Gasteiger charge is 2.18. The van der Waals surface area contributed by atoms with E-state index < -0.39 is 5.97 Å². The molecule has 5 heteroatoms. The van der Waals surface area contributed by atoms with E-state index in [2.05, 4.69) is 46.9 Å². The molecule has 1 aromatic carbocycles. The highest BCUT2D eigenvalue weighted by Crippen LogP contribution is 2.30. The van der Waals surface area contributed by atoms with Crippen molar-refractivity contribution in [3.63, 3.8) is 0 Å². The largest absolute Gasteiger partial charge is 0.476 e. The molecule has 0 atom stereocenters. The highest BCUT2D eigenvalue weighted by atomic mass is 79.9. The summed E-state index contributed by atoms with van der Waals surface area (Å²) in [5, 5.41) is 15.5. The molecule has 2 aromatic rings. The molecular formula is C14H15BrN2O2. The molecule has 0 saturated carbocycles. The zero-order valence-electron chi connectivity index (χ0n) is 11.0. The molecule has 0 radical (unpaired) electrons. The fourth-order valence-electron chi connectivity index (χ4n) is 1.79. The molecule has 0 fully saturated rings. The van der Waals surface area contributed by atoms with Crippen molar-refractivity contribution in [2.24, 2.45) is 0 Å². The molecular weight excluding hydrogens is 308 g/mol. The van der Waals surface area contributed by atoms with E-state index in [0.717, 1.165) is 5.56 Å². The second-order valence-corrected chi connectivity index (χ2v) is 6.19. The number of nitrogens with one attached hydrogen (secondary N) is 1. The lowest BCUT2D eigenvalue weighted by Gasteiger charge is -2.18. The SMILES string of the molecule is CC(C)(C)c1ccc(-c2n[nH]c(C(=O)O)c2Br)cc1. The Morgan fingerprint density at radius 1 is 1.26 bits per heavy atom. The minimum absolute atomic E-state index is 0.0647. The number of aromatic amines is 1. The molecule has 19 heavy (non-hydrogen) atoms. The number of rotatable bonds is 2. The van der Waals surface area contributed by atoms with Crippen molar-refractivity contribution >= 4 is 21.9 Å². The Labute approximate surface area is 120 Å². The average Bonchev–Trinajstić information content (AvgIpc) is 2.70. The Hall–Kier alpha value is -1.62. The van der Waals surface area contributed by atoms with Gasteiger partial charge in [-0.1, -0.05) is 45.0 Å². The Bertz CT molecular complexity index is 609. The lowest BCUT2D eigenvalue weighted by Crippen LogP contribution is -2.10. The number of benzene rings is 1. The number of carbonyl (C=O) groups is 1. The molecule has 4 nitrogen and oxygen atoms in total. The average molecular weight is 323 g/mol. The number of aromatic carboxylic acids is 1. The highest BCUT2D eigenvalue weighted by molar-refractivity contribution is 9.10. The number of halogens is 1. The number of H-pyrrole nitrogens is 1. The third-order valence-electron chi connectivity index (χ3n) is 2.95. The molecule has 0 saturated heterocycles. The number of carboxylic acids is 1. The monoisotopic (exact) mass is 322 g/mol. The Morgan fingerprint density at radius 3 is 2.26 bits per heavy atom. The summed E-state index contributed by atoms with van der Waals surface area (Å²) in [5.74, 6) is -1.03. The van der Waals surface area contributed by atoms with Gasteiger partial charge in [-0.15, -0.1) is 0 Å². The van der Waals surface area contributed by atoms with Crippen LogP contribution in [0.3, 0.4) is 0 Å². The van der Waals surface area contributed by atoms with Gasteiger partial charge >= 0.3 is 5.97 Å². The van der Waals surface area contributed by atoms with E-state index in [-0.39, 0.29) is 11.1 Å². The maximum atomic E-state index is 11.0. The summed E-state index contributed by atoms with van der Waals surface area (Å²) < 4.78 is 0.475. The summed E-state index contributed by atoms with van der Waals surface area (Å²) >= 11 is 3.27. The molecule has 2 N–H and O–H groups in total. The van der Waals surface area contributed by atoms with Crippen LogP contribution in [0.15, 0.2) is 28.7 Å². The van der Waals surface area contributed by atoms with Crippen molar-refractivity contribution in [2.75, 3.05) is 0 Å². The molecule has 0 amide bonds. The normalized spacial score (nSPS) is 11.6. The minimum atomic E-state index is -1.03. The van der Waals surface area contributed by atoms with Gasteiger partial charge in [-0.05, 0) is 26.9 Å². The topological polar surface area (TPSA) is 66.0 Å². The first-order valence-electron chi connectivity index (χ1n) is 5.89. The van der Waals surface area contributed by atoms with Crippen LogP contribution in [0.2, 0.25) is 0 Å². The van der Waals surface area contributed by atoms with Gasteiger partial charge in [0.15, 0.2) is 5.69 Å². The smallest absolute Gasteiger partial charge is 0.355 e. The number of hydrogen-bond donors (Lipinski definition) is 2. The molecule has 0 aliphatic heterocycles. The van der Waals surface area contributed by atoms with Crippen LogP contribution < -0.4 is 0 Å². The zero-order chi connectivity index (χ0) is 14.2. The van der Waals surface area contributed by atoms with Gasteiger partial charge in [0.2, 0.25) is 0 Å². The number of carboxylic acid groups (broad SMARTS) is 1. The van der Waals surface area contributed by atoms with E-state index in [0.29, 0.717) is 10.2 Å². The molecule has 0 aliphatic carbocycles. The molecule has 1 heterocycles. The van der Waals surface area contributed by atoms with E-state index in [1.54, 1.807) is 0 Å². The van der Waals surface area contributed by atoms with E-state index >= 15 is 0 Å². The third-order valence-corrected chi connectivity index (χ3v) is 3.72. The van der Waals surface area contributed by atoms with Crippen LogP contribution in [0.1, 0.15) is 36.8 Å². The van der Waals surface area contributed by atoms with Gasteiger partial charge in [0, 0.05) is 5.56 Å². The lowest BCUT2D eigenvalue weighted by atomic mass is 9.86. The predicted octanol–water partition coefficient (Wildman–Crippen LogP) is 3.83. The van der Waals surface area contributed by atoms with Gasteiger partial charge in [0.1, 0.15) is 5.69 Å².